The SMILES string of the molecule is Cc1c(Cl)cccc1N1CCN(C(=O)c2ccccc2Cl)CC1. The molecule has 1 saturated heterocycles. The first-order valence-corrected chi connectivity index (χ1v) is 8.37. The lowest BCUT2D eigenvalue weighted by Crippen LogP contribution is -2.49. The minimum atomic E-state index is -0.00179. The summed E-state index contributed by atoms with van der Waals surface area (Å²) in [6, 6.07) is 13.1. The van der Waals surface area contributed by atoms with Crippen molar-refractivity contribution in [3.8, 4) is 0 Å². The normalized spacial score (nSPS) is 14.9. The number of amides is 1. The summed E-state index contributed by atoms with van der Waals surface area (Å²) < 4.78 is 0. The Balaban J connectivity index is 1.70. The summed E-state index contributed by atoms with van der Waals surface area (Å²) >= 11 is 12.3. The van der Waals surface area contributed by atoms with Gasteiger partial charge in [-0.05, 0) is 36.8 Å². The third-order valence-electron chi connectivity index (χ3n) is 4.25. The molecule has 120 valence electrons. The summed E-state index contributed by atoms with van der Waals surface area (Å²) in [6.07, 6.45) is 0. The predicted octanol–water partition coefficient (Wildman–Crippen LogP) is 4.26. The van der Waals surface area contributed by atoms with Gasteiger partial charge in [0.2, 0.25) is 0 Å². The van der Waals surface area contributed by atoms with Gasteiger partial charge in [-0.3, -0.25) is 4.79 Å². The third-order valence-corrected chi connectivity index (χ3v) is 4.99. The topological polar surface area (TPSA) is 23.6 Å². The fraction of sp³-hybridized carbons (Fsp3) is 0.278. The molecule has 0 N–H and O–H groups in total. The van der Waals surface area contributed by atoms with E-state index in [0.717, 1.165) is 29.4 Å². The minimum absolute atomic E-state index is 0.00179. The Kier molecular flexibility index (Phi) is 4.79. The smallest absolute Gasteiger partial charge is 0.255 e. The van der Waals surface area contributed by atoms with Crippen molar-refractivity contribution in [3.05, 3.63) is 63.6 Å². The van der Waals surface area contributed by atoms with Gasteiger partial charge in [0.15, 0.2) is 0 Å². The number of carbonyl (C=O) groups is 1. The van der Waals surface area contributed by atoms with Crippen LogP contribution in [0.1, 0.15) is 15.9 Å². The zero-order chi connectivity index (χ0) is 16.4. The number of halogens is 2. The predicted molar refractivity (Wildman–Crippen MR) is 95.8 cm³/mol. The third kappa shape index (κ3) is 3.31. The molecule has 0 spiro atoms. The molecule has 1 aliphatic rings. The highest BCUT2D eigenvalue weighted by Gasteiger charge is 2.24. The molecule has 1 aliphatic heterocycles. The van der Waals surface area contributed by atoms with Gasteiger partial charge in [-0.15, -0.1) is 0 Å². The summed E-state index contributed by atoms with van der Waals surface area (Å²) in [6.45, 7) is 4.96. The van der Waals surface area contributed by atoms with Crippen LogP contribution in [0.15, 0.2) is 42.5 Å². The van der Waals surface area contributed by atoms with Crippen molar-refractivity contribution in [3.63, 3.8) is 0 Å². The van der Waals surface area contributed by atoms with Gasteiger partial charge >= 0.3 is 0 Å². The molecule has 0 radical (unpaired) electrons. The second-order valence-corrected chi connectivity index (χ2v) is 6.46. The summed E-state index contributed by atoms with van der Waals surface area (Å²) in [7, 11) is 0. The van der Waals surface area contributed by atoms with Gasteiger partial charge in [0.25, 0.3) is 5.91 Å². The molecule has 23 heavy (non-hydrogen) atoms. The highest BCUT2D eigenvalue weighted by molar-refractivity contribution is 6.33. The van der Waals surface area contributed by atoms with Gasteiger partial charge in [-0.2, -0.15) is 0 Å². The van der Waals surface area contributed by atoms with E-state index in [1.54, 1.807) is 12.1 Å². The van der Waals surface area contributed by atoms with Gasteiger partial charge in [-0.25, -0.2) is 0 Å². The fourth-order valence-electron chi connectivity index (χ4n) is 2.89. The Morgan fingerprint density at radius 1 is 0.913 bits per heavy atom. The molecule has 0 bridgehead atoms. The number of anilines is 1. The molecular formula is C18H18Cl2N2O. The van der Waals surface area contributed by atoms with Crippen molar-refractivity contribution < 1.29 is 4.79 Å². The van der Waals surface area contributed by atoms with E-state index in [4.69, 9.17) is 23.2 Å². The molecule has 3 nitrogen and oxygen atoms in total. The number of hydrogen-bond acceptors (Lipinski definition) is 2. The van der Waals surface area contributed by atoms with E-state index in [1.807, 2.05) is 36.1 Å². The molecule has 0 atom stereocenters. The minimum Gasteiger partial charge on any atom is -0.368 e. The highest BCUT2D eigenvalue weighted by atomic mass is 35.5. The first-order chi connectivity index (χ1) is 11.1. The van der Waals surface area contributed by atoms with Crippen molar-refractivity contribution in [2.45, 2.75) is 6.92 Å². The van der Waals surface area contributed by atoms with E-state index >= 15 is 0 Å². The first-order valence-electron chi connectivity index (χ1n) is 7.62. The van der Waals surface area contributed by atoms with Crippen LogP contribution < -0.4 is 4.90 Å². The van der Waals surface area contributed by atoms with Gasteiger partial charge in [0.05, 0.1) is 10.6 Å². The van der Waals surface area contributed by atoms with E-state index in [2.05, 4.69) is 11.0 Å². The summed E-state index contributed by atoms with van der Waals surface area (Å²) in [5.74, 6) is -0.00179. The molecule has 5 heteroatoms. The average Bonchev–Trinajstić information content (AvgIpc) is 2.57. The second-order valence-electron chi connectivity index (χ2n) is 5.64. The lowest BCUT2D eigenvalue weighted by Gasteiger charge is -2.37. The lowest BCUT2D eigenvalue weighted by atomic mass is 10.1. The Morgan fingerprint density at radius 3 is 2.26 bits per heavy atom. The number of rotatable bonds is 2. The van der Waals surface area contributed by atoms with E-state index in [0.29, 0.717) is 23.7 Å². The van der Waals surface area contributed by atoms with E-state index in [-0.39, 0.29) is 5.91 Å². The van der Waals surface area contributed by atoms with Crippen molar-refractivity contribution >= 4 is 34.8 Å². The van der Waals surface area contributed by atoms with Crippen LogP contribution >= 0.6 is 23.2 Å². The number of piperazine rings is 1. The molecule has 2 aromatic rings. The standard InChI is InChI=1S/C18H18Cl2N2O/c1-13-15(19)7-4-8-17(13)21-9-11-22(12-10-21)18(23)14-5-2-3-6-16(14)20/h2-8H,9-12H2,1H3. The van der Waals surface area contributed by atoms with Crippen molar-refractivity contribution in [2.24, 2.45) is 0 Å². The van der Waals surface area contributed by atoms with Crippen LogP contribution in [0.2, 0.25) is 10.0 Å². The van der Waals surface area contributed by atoms with Crippen LogP contribution in [-0.4, -0.2) is 37.0 Å². The lowest BCUT2D eigenvalue weighted by molar-refractivity contribution is 0.0747. The van der Waals surface area contributed by atoms with Crippen LogP contribution in [-0.2, 0) is 0 Å². The van der Waals surface area contributed by atoms with Crippen molar-refractivity contribution in [1.82, 2.24) is 4.90 Å². The van der Waals surface area contributed by atoms with E-state index in [9.17, 15) is 4.79 Å². The Bertz CT molecular complexity index is 725. The quantitative estimate of drug-likeness (QED) is 0.809. The summed E-state index contributed by atoms with van der Waals surface area (Å²) in [4.78, 5) is 16.7. The van der Waals surface area contributed by atoms with E-state index in [1.165, 1.54) is 0 Å². The van der Waals surface area contributed by atoms with Crippen LogP contribution in [0, 0.1) is 6.92 Å². The van der Waals surface area contributed by atoms with Crippen LogP contribution in [0.5, 0.6) is 0 Å². The van der Waals surface area contributed by atoms with Gasteiger partial charge < -0.3 is 9.80 Å². The Labute approximate surface area is 146 Å². The maximum atomic E-state index is 12.6. The zero-order valence-corrected chi connectivity index (χ0v) is 14.4. The molecule has 1 amide bonds. The molecule has 0 saturated carbocycles. The Morgan fingerprint density at radius 2 is 1.57 bits per heavy atom. The maximum absolute atomic E-state index is 12.6. The zero-order valence-electron chi connectivity index (χ0n) is 12.9. The summed E-state index contributed by atoms with van der Waals surface area (Å²) in [5, 5.41) is 1.28. The van der Waals surface area contributed by atoms with Gasteiger partial charge in [0.1, 0.15) is 0 Å². The largest absolute Gasteiger partial charge is 0.368 e. The summed E-state index contributed by atoms with van der Waals surface area (Å²) in [5.41, 5.74) is 2.80. The molecule has 2 aromatic carbocycles. The number of carbonyl (C=O) groups excluding carboxylic acids is 1. The van der Waals surface area contributed by atoms with Crippen LogP contribution in [0.4, 0.5) is 5.69 Å². The van der Waals surface area contributed by atoms with Crippen molar-refractivity contribution in [2.75, 3.05) is 31.1 Å². The average molecular weight is 349 g/mol. The number of benzene rings is 2. The number of nitrogens with zero attached hydrogens (tertiary/aromatic N) is 2. The molecule has 1 fully saturated rings. The number of hydrogen-bond donors (Lipinski definition) is 0. The molecule has 0 unspecified atom stereocenters. The van der Waals surface area contributed by atoms with E-state index < -0.39 is 0 Å². The first kappa shape index (κ1) is 16.2. The van der Waals surface area contributed by atoms with Crippen LogP contribution in [0.3, 0.4) is 0 Å². The molecular weight excluding hydrogens is 331 g/mol. The molecule has 3 rings (SSSR count). The maximum Gasteiger partial charge on any atom is 0.255 e. The molecule has 1 heterocycles. The van der Waals surface area contributed by atoms with Gasteiger partial charge in [0, 0.05) is 36.9 Å². The van der Waals surface area contributed by atoms with Gasteiger partial charge in [-0.1, -0.05) is 41.4 Å². The highest BCUT2D eigenvalue weighted by Crippen LogP contribution is 2.27. The molecule has 0 aromatic heterocycles. The molecule has 0 aliphatic carbocycles. The van der Waals surface area contributed by atoms with Crippen molar-refractivity contribution in [1.29, 1.82) is 0 Å². The van der Waals surface area contributed by atoms with Crippen LogP contribution in [0.25, 0.3) is 0 Å². The Hall–Kier alpha value is -1.71. The fourth-order valence-corrected chi connectivity index (χ4v) is 3.28. The second kappa shape index (κ2) is 6.81. The monoisotopic (exact) mass is 348 g/mol.